The van der Waals surface area contributed by atoms with Gasteiger partial charge in [0.05, 0.1) is 12.7 Å². The molecule has 1 fully saturated rings. The second kappa shape index (κ2) is 6.16. The molecular formula is C16H24N2O2. The highest BCUT2D eigenvalue weighted by atomic mass is 16.5. The van der Waals surface area contributed by atoms with E-state index < -0.39 is 0 Å². The molecule has 3 atom stereocenters. The van der Waals surface area contributed by atoms with Gasteiger partial charge in [0, 0.05) is 17.8 Å². The van der Waals surface area contributed by atoms with Crippen LogP contribution < -0.4 is 15.8 Å². The molecule has 3 N–H and O–H groups in total. The van der Waals surface area contributed by atoms with E-state index in [1.54, 1.807) is 25.3 Å². The molecule has 1 aromatic rings. The summed E-state index contributed by atoms with van der Waals surface area (Å²) in [6.45, 7) is 4.48. The average Bonchev–Trinajstić information content (AvgIpc) is 2.41. The highest BCUT2D eigenvalue weighted by Crippen LogP contribution is 2.29. The van der Waals surface area contributed by atoms with Crippen molar-refractivity contribution in [3.05, 3.63) is 23.8 Å². The number of ether oxygens (including phenoxy) is 1. The monoisotopic (exact) mass is 276 g/mol. The maximum absolute atomic E-state index is 12.3. The number of hydrogen-bond donors (Lipinski definition) is 2. The minimum absolute atomic E-state index is 0.0865. The quantitative estimate of drug-likeness (QED) is 0.834. The van der Waals surface area contributed by atoms with Crippen LogP contribution in [0.25, 0.3) is 0 Å². The average molecular weight is 276 g/mol. The van der Waals surface area contributed by atoms with Crippen molar-refractivity contribution in [2.45, 2.75) is 39.2 Å². The van der Waals surface area contributed by atoms with Crippen LogP contribution in [0, 0.1) is 11.8 Å². The van der Waals surface area contributed by atoms with Crippen LogP contribution in [0.15, 0.2) is 18.2 Å². The number of anilines is 1. The maximum Gasteiger partial charge on any atom is 0.253 e. The smallest absolute Gasteiger partial charge is 0.253 e. The molecule has 1 aromatic carbocycles. The molecule has 20 heavy (non-hydrogen) atoms. The van der Waals surface area contributed by atoms with Gasteiger partial charge in [-0.2, -0.15) is 0 Å². The summed E-state index contributed by atoms with van der Waals surface area (Å²) < 4.78 is 5.10. The molecule has 1 aliphatic carbocycles. The van der Waals surface area contributed by atoms with Gasteiger partial charge in [-0.15, -0.1) is 0 Å². The van der Waals surface area contributed by atoms with Crippen molar-refractivity contribution in [1.29, 1.82) is 0 Å². The molecule has 0 heterocycles. The van der Waals surface area contributed by atoms with Crippen molar-refractivity contribution < 1.29 is 9.53 Å². The first-order chi connectivity index (χ1) is 9.51. The first-order valence-corrected chi connectivity index (χ1v) is 7.25. The van der Waals surface area contributed by atoms with Gasteiger partial charge in [-0.05, 0) is 43.2 Å². The molecule has 1 aliphatic rings. The molecule has 0 radical (unpaired) electrons. The Morgan fingerprint density at radius 2 is 2.10 bits per heavy atom. The molecule has 0 aliphatic heterocycles. The summed E-state index contributed by atoms with van der Waals surface area (Å²) in [4.78, 5) is 12.3. The van der Waals surface area contributed by atoms with Gasteiger partial charge >= 0.3 is 0 Å². The lowest BCUT2D eigenvalue weighted by Gasteiger charge is -2.33. The van der Waals surface area contributed by atoms with E-state index >= 15 is 0 Å². The van der Waals surface area contributed by atoms with Gasteiger partial charge in [0.1, 0.15) is 5.75 Å². The maximum atomic E-state index is 12.3. The largest absolute Gasteiger partial charge is 0.497 e. The number of rotatable bonds is 3. The van der Waals surface area contributed by atoms with Crippen LogP contribution in [0.4, 0.5) is 5.69 Å². The zero-order chi connectivity index (χ0) is 14.7. The molecule has 4 heteroatoms. The van der Waals surface area contributed by atoms with E-state index in [4.69, 9.17) is 10.5 Å². The van der Waals surface area contributed by atoms with Crippen LogP contribution in [0.5, 0.6) is 5.75 Å². The standard InChI is InChI=1S/C16H24N2O2/c1-10-4-7-15(11(2)8-10)18-16(19)13-6-5-12(20-3)9-14(13)17/h5-6,9-11,15H,4,7-8,17H2,1-3H3,(H,18,19). The Hall–Kier alpha value is -1.71. The van der Waals surface area contributed by atoms with Crippen LogP contribution in [0.2, 0.25) is 0 Å². The van der Waals surface area contributed by atoms with Crippen LogP contribution in [-0.4, -0.2) is 19.1 Å². The van der Waals surface area contributed by atoms with E-state index in [9.17, 15) is 4.79 Å². The first kappa shape index (κ1) is 14.7. The van der Waals surface area contributed by atoms with Crippen LogP contribution in [0.1, 0.15) is 43.5 Å². The van der Waals surface area contributed by atoms with E-state index in [2.05, 4.69) is 19.2 Å². The second-order valence-corrected chi connectivity index (χ2v) is 5.93. The molecule has 1 saturated carbocycles. The predicted octanol–water partition coefficient (Wildman–Crippen LogP) is 2.83. The SMILES string of the molecule is COc1ccc(C(=O)NC2CCC(C)CC2C)c(N)c1. The Morgan fingerprint density at radius 3 is 2.70 bits per heavy atom. The summed E-state index contributed by atoms with van der Waals surface area (Å²) in [5.41, 5.74) is 6.90. The van der Waals surface area contributed by atoms with E-state index in [-0.39, 0.29) is 11.9 Å². The van der Waals surface area contributed by atoms with E-state index in [0.717, 1.165) is 12.3 Å². The third-order valence-corrected chi connectivity index (χ3v) is 4.25. The Balaban J connectivity index is 2.05. The molecule has 0 aromatic heterocycles. The third kappa shape index (κ3) is 3.24. The summed E-state index contributed by atoms with van der Waals surface area (Å²) in [5.74, 6) is 1.85. The first-order valence-electron chi connectivity index (χ1n) is 7.25. The summed E-state index contributed by atoms with van der Waals surface area (Å²) in [6.07, 6.45) is 3.39. The van der Waals surface area contributed by atoms with Crippen molar-refractivity contribution in [2.75, 3.05) is 12.8 Å². The molecule has 1 amide bonds. The fraction of sp³-hybridized carbons (Fsp3) is 0.562. The molecule has 2 rings (SSSR count). The van der Waals surface area contributed by atoms with Crippen molar-refractivity contribution in [3.63, 3.8) is 0 Å². The molecular weight excluding hydrogens is 252 g/mol. The molecule has 110 valence electrons. The molecule has 3 unspecified atom stereocenters. The molecule has 0 saturated heterocycles. The number of benzene rings is 1. The second-order valence-electron chi connectivity index (χ2n) is 5.93. The number of carbonyl (C=O) groups is 1. The van der Waals surface area contributed by atoms with Crippen LogP contribution in [-0.2, 0) is 0 Å². The third-order valence-electron chi connectivity index (χ3n) is 4.25. The number of hydrogen-bond acceptors (Lipinski definition) is 3. The topological polar surface area (TPSA) is 64.3 Å². The lowest BCUT2D eigenvalue weighted by Crippen LogP contribution is -2.42. The lowest BCUT2D eigenvalue weighted by atomic mass is 9.80. The number of amides is 1. The number of methoxy groups -OCH3 is 1. The lowest BCUT2D eigenvalue weighted by molar-refractivity contribution is 0.0900. The van der Waals surface area contributed by atoms with Gasteiger partial charge < -0.3 is 15.8 Å². The van der Waals surface area contributed by atoms with Gasteiger partial charge in [-0.3, -0.25) is 4.79 Å². The zero-order valence-electron chi connectivity index (χ0n) is 12.5. The number of nitrogens with two attached hydrogens (primary N) is 1. The van der Waals surface area contributed by atoms with Gasteiger partial charge in [0.2, 0.25) is 0 Å². The highest BCUT2D eigenvalue weighted by Gasteiger charge is 2.27. The summed E-state index contributed by atoms with van der Waals surface area (Å²) in [5, 5.41) is 3.12. The van der Waals surface area contributed by atoms with E-state index in [1.807, 2.05) is 0 Å². The normalized spacial score (nSPS) is 26.1. The van der Waals surface area contributed by atoms with E-state index in [0.29, 0.717) is 22.9 Å². The zero-order valence-corrected chi connectivity index (χ0v) is 12.5. The molecule has 4 nitrogen and oxygen atoms in total. The van der Waals surface area contributed by atoms with Gasteiger partial charge in [0.15, 0.2) is 0 Å². The Kier molecular flexibility index (Phi) is 4.53. The number of nitrogens with one attached hydrogen (secondary N) is 1. The summed E-state index contributed by atoms with van der Waals surface area (Å²) in [7, 11) is 1.58. The highest BCUT2D eigenvalue weighted by molar-refractivity contribution is 5.99. The Labute approximate surface area is 120 Å². The summed E-state index contributed by atoms with van der Waals surface area (Å²) in [6, 6.07) is 5.42. The van der Waals surface area contributed by atoms with Crippen molar-refractivity contribution in [1.82, 2.24) is 5.32 Å². The van der Waals surface area contributed by atoms with Crippen molar-refractivity contribution >= 4 is 11.6 Å². The fourth-order valence-electron chi connectivity index (χ4n) is 3.00. The minimum atomic E-state index is -0.0865. The van der Waals surface area contributed by atoms with Crippen LogP contribution >= 0.6 is 0 Å². The van der Waals surface area contributed by atoms with Crippen LogP contribution in [0.3, 0.4) is 0 Å². The van der Waals surface area contributed by atoms with Gasteiger partial charge in [-0.25, -0.2) is 0 Å². The molecule has 0 spiro atoms. The minimum Gasteiger partial charge on any atom is -0.497 e. The Morgan fingerprint density at radius 1 is 1.35 bits per heavy atom. The van der Waals surface area contributed by atoms with E-state index in [1.165, 1.54) is 12.8 Å². The van der Waals surface area contributed by atoms with Gasteiger partial charge in [-0.1, -0.05) is 13.8 Å². The fourth-order valence-corrected chi connectivity index (χ4v) is 3.00. The van der Waals surface area contributed by atoms with Crippen molar-refractivity contribution in [2.24, 2.45) is 11.8 Å². The Bertz CT molecular complexity index is 487. The number of carbonyl (C=O) groups excluding carboxylic acids is 1. The molecule has 0 bridgehead atoms. The summed E-state index contributed by atoms with van der Waals surface area (Å²) >= 11 is 0. The predicted molar refractivity (Wildman–Crippen MR) is 80.8 cm³/mol. The van der Waals surface area contributed by atoms with Crippen molar-refractivity contribution in [3.8, 4) is 5.75 Å². The van der Waals surface area contributed by atoms with Gasteiger partial charge in [0.25, 0.3) is 5.91 Å². The number of nitrogen functional groups attached to an aromatic ring is 1.